The summed E-state index contributed by atoms with van der Waals surface area (Å²) in [6.07, 6.45) is -4.68. The van der Waals surface area contributed by atoms with Crippen LogP contribution in [0.1, 0.15) is 5.82 Å². The van der Waals surface area contributed by atoms with Gasteiger partial charge in [-0.05, 0) is 6.07 Å². The molecule has 0 radical (unpaired) electrons. The Morgan fingerprint density at radius 2 is 1.85 bits per heavy atom. The SMILES string of the molecule is Oc1cc(-c2c(-c3nnc(C(F)(F)F)[nH]3)[nH]c3c(Cl)c(Cl)ccc23)n[nH]1. The fourth-order valence-electron chi connectivity index (χ4n) is 2.59. The highest BCUT2D eigenvalue weighted by Gasteiger charge is 2.36. The molecule has 0 aliphatic carbocycles. The van der Waals surface area contributed by atoms with E-state index in [9.17, 15) is 18.3 Å². The number of rotatable bonds is 2. The van der Waals surface area contributed by atoms with Crippen molar-refractivity contribution >= 4 is 34.1 Å². The number of nitrogens with zero attached hydrogens (tertiary/aromatic N) is 3. The van der Waals surface area contributed by atoms with Gasteiger partial charge < -0.3 is 15.1 Å². The first kappa shape index (κ1) is 16.7. The maximum atomic E-state index is 12.8. The van der Waals surface area contributed by atoms with Crippen LogP contribution in [0.4, 0.5) is 13.2 Å². The highest BCUT2D eigenvalue weighted by molar-refractivity contribution is 6.45. The predicted molar refractivity (Wildman–Crippen MR) is 87.9 cm³/mol. The summed E-state index contributed by atoms with van der Waals surface area (Å²) >= 11 is 12.2. The van der Waals surface area contributed by atoms with Gasteiger partial charge in [0.15, 0.2) is 5.82 Å². The zero-order chi connectivity index (χ0) is 18.6. The van der Waals surface area contributed by atoms with Gasteiger partial charge in [-0.15, -0.1) is 10.2 Å². The van der Waals surface area contributed by atoms with E-state index in [1.54, 1.807) is 12.1 Å². The molecule has 12 heteroatoms. The van der Waals surface area contributed by atoms with Gasteiger partial charge in [0.1, 0.15) is 0 Å². The molecule has 0 spiro atoms. The minimum Gasteiger partial charge on any atom is -0.494 e. The van der Waals surface area contributed by atoms with Crippen molar-refractivity contribution in [1.29, 1.82) is 0 Å². The maximum Gasteiger partial charge on any atom is 0.451 e. The van der Waals surface area contributed by atoms with Crippen LogP contribution >= 0.6 is 23.2 Å². The summed E-state index contributed by atoms with van der Waals surface area (Å²) in [5.41, 5.74) is 1.20. The molecule has 1 aromatic carbocycles. The highest BCUT2D eigenvalue weighted by atomic mass is 35.5. The summed E-state index contributed by atoms with van der Waals surface area (Å²) in [5, 5.41) is 23.5. The Kier molecular flexibility index (Phi) is 3.63. The van der Waals surface area contributed by atoms with Gasteiger partial charge >= 0.3 is 6.18 Å². The number of H-pyrrole nitrogens is 3. The summed E-state index contributed by atoms with van der Waals surface area (Å²) in [5.74, 6) is -1.63. The van der Waals surface area contributed by atoms with Crippen molar-refractivity contribution in [1.82, 2.24) is 30.4 Å². The first-order valence-electron chi connectivity index (χ1n) is 7.00. The van der Waals surface area contributed by atoms with E-state index in [0.29, 0.717) is 16.5 Å². The fraction of sp³-hybridized carbons (Fsp3) is 0.0714. The van der Waals surface area contributed by atoms with Crippen molar-refractivity contribution in [3.05, 3.63) is 34.1 Å². The lowest BCUT2D eigenvalue weighted by Crippen LogP contribution is -2.07. The van der Waals surface area contributed by atoms with Gasteiger partial charge in [-0.2, -0.15) is 18.3 Å². The van der Waals surface area contributed by atoms with Gasteiger partial charge in [0.05, 0.1) is 26.9 Å². The zero-order valence-corrected chi connectivity index (χ0v) is 13.9. The summed E-state index contributed by atoms with van der Waals surface area (Å²) in [6.45, 7) is 0. The smallest absolute Gasteiger partial charge is 0.451 e. The second-order valence-corrected chi connectivity index (χ2v) is 6.10. The maximum absolute atomic E-state index is 12.8. The van der Waals surface area contributed by atoms with Crippen LogP contribution in [0.25, 0.3) is 33.7 Å². The number of hydrogen-bond acceptors (Lipinski definition) is 4. The largest absolute Gasteiger partial charge is 0.494 e. The molecule has 26 heavy (non-hydrogen) atoms. The topological polar surface area (TPSA) is 106 Å². The van der Waals surface area contributed by atoms with Gasteiger partial charge in [0.2, 0.25) is 11.7 Å². The third kappa shape index (κ3) is 2.58. The molecule has 0 saturated heterocycles. The number of hydrogen-bond donors (Lipinski definition) is 4. The fourth-order valence-corrected chi connectivity index (χ4v) is 2.96. The minimum absolute atomic E-state index is 0.165. The Morgan fingerprint density at radius 3 is 2.46 bits per heavy atom. The molecule has 0 saturated carbocycles. The van der Waals surface area contributed by atoms with E-state index in [1.165, 1.54) is 6.07 Å². The zero-order valence-electron chi connectivity index (χ0n) is 12.4. The molecule has 0 fully saturated rings. The first-order valence-corrected chi connectivity index (χ1v) is 7.76. The molecule has 0 aliphatic rings. The summed E-state index contributed by atoms with van der Waals surface area (Å²) in [7, 11) is 0. The van der Waals surface area contributed by atoms with Gasteiger partial charge in [-0.3, -0.25) is 0 Å². The lowest BCUT2D eigenvalue weighted by Gasteiger charge is -2.00. The Balaban J connectivity index is 2.02. The second kappa shape index (κ2) is 5.64. The molecule has 3 heterocycles. The molecule has 0 amide bonds. The molecule has 0 unspecified atom stereocenters. The van der Waals surface area contributed by atoms with Gasteiger partial charge in [-0.1, -0.05) is 29.3 Å². The highest BCUT2D eigenvalue weighted by Crippen LogP contribution is 2.41. The Labute approximate surface area is 152 Å². The lowest BCUT2D eigenvalue weighted by atomic mass is 10.1. The van der Waals surface area contributed by atoms with Crippen LogP contribution < -0.4 is 0 Å². The standard InChI is InChI=1S/C14H7Cl2F3N6O/c15-5-2-1-4-8(6-3-7(26)23-22-6)11(20-10(4)9(5)16)12-21-13(25-24-12)14(17,18)19/h1-3,20H,(H,21,24,25)(H2,22,23,26). The van der Waals surface area contributed by atoms with Crippen LogP contribution in [0.15, 0.2) is 18.2 Å². The Morgan fingerprint density at radius 1 is 1.08 bits per heavy atom. The van der Waals surface area contributed by atoms with E-state index in [2.05, 4.69) is 30.4 Å². The number of benzene rings is 1. The van der Waals surface area contributed by atoms with Crippen LogP contribution in [0.5, 0.6) is 5.88 Å². The number of nitrogens with one attached hydrogen (secondary N) is 3. The molecule has 134 valence electrons. The van der Waals surface area contributed by atoms with E-state index >= 15 is 0 Å². The van der Waals surface area contributed by atoms with Crippen LogP contribution in [0.3, 0.4) is 0 Å². The molecule has 4 N–H and O–H groups in total. The normalized spacial score (nSPS) is 12.2. The van der Waals surface area contributed by atoms with Gasteiger partial charge in [0, 0.05) is 17.0 Å². The number of aromatic nitrogens is 6. The number of alkyl halides is 3. The van der Waals surface area contributed by atoms with E-state index < -0.39 is 12.0 Å². The number of aromatic hydroxyl groups is 1. The van der Waals surface area contributed by atoms with Gasteiger partial charge in [-0.25, -0.2) is 5.10 Å². The predicted octanol–water partition coefficient (Wildman–Crippen LogP) is 4.37. The molecule has 4 rings (SSSR count). The molecular formula is C14H7Cl2F3N6O. The molecule has 0 bridgehead atoms. The summed E-state index contributed by atoms with van der Waals surface area (Å²) in [6, 6.07) is 4.49. The van der Waals surface area contributed by atoms with E-state index in [-0.39, 0.29) is 33.1 Å². The van der Waals surface area contributed by atoms with Crippen LogP contribution in [0, 0.1) is 0 Å². The number of halogens is 5. The second-order valence-electron chi connectivity index (χ2n) is 5.32. The van der Waals surface area contributed by atoms with Crippen LogP contribution in [-0.2, 0) is 6.18 Å². The van der Waals surface area contributed by atoms with Crippen molar-refractivity contribution in [2.75, 3.05) is 0 Å². The molecule has 3 aromatic heterocycles. The Bertz CT molecular complexity index is 1130. The average molecular weight is 403 g/mol. The van der Waals surface area contributed by atoms with Crippen molar-refractivity contribution in [3.63, 3.8) is 0 Å². The van der Waals surface area contributed by atoms with Crippen molar-refractivity contribution in [3.8, 4) is 28.7 Å². The first-order chi connectivity index (χ1) is 12.3. The molecule has 0 aliphatic heterocycles. The van der Waals surface area contributed by atoms with Crippen LogP contribution in [0.2, 0.25) is 10.0 Å². The summed E-state index contributed by atoms with van der Waals surface area (Å²) in [4.78, 5) is 5.04. The van der Waals surface area contributed by atoms with E-state index in [1.807, 2.05) is 0 Å². The molecule has 0 atom stereocenters. The third-order valence-corrected chi connectivity index (χ3v) is 4.48. The number of fused-ring (bicyclic) bond motifs is 1. The lowest BCUT2D eigenvalue weighted by molar-refractivity contribution is -0.144. The van der Waals surface area contributed by atoms with Crippen molar-refractivity contribution < 1.29 is 18.3 Å². The molecule has 7 nitrogen and oxygen atoms in total. The quantitative estimate of drug-likeness (QED) is 0.399. The molecule has 4 aromatic rings. The van der Waals surface area contributed by atoms with E-state index in [0.717, 1.165) is 0 Å². The monoisotopic (exact) mass is 402 g/mol. The van der Waals surface area contributed by atoms with E-state index in [4.69, 9.17) is 23.2 Å². The van der Waals surface area contributed by atoms with Gasteiger partial charge in [0.25, 0.3) is 0 Å². The molecular weight excluding hydrogens is 396 g/mol. The average Bonchev–Trinajstić information content (AvgIpc) is 3.27. The minimum atomic E-state index is -4.68. The van der Waals surface area contributed by atoms with Crippen molar-refractivity contribution in [2.45, 2.75) is 6.18 Å². The van der Waals surface area contributed by atoms with Crippen molar-refractivity contribution in [2.24, 2.45) is 0 Å². The Hall–Kier alpha value is -2.72. The summed E-state index contributed by atoms with van der Waals surface area (Å²) < 4.78 is 38.5. The third-order valence-electron chi connectivity index (χ3n) is 3.68. The number of aromatic amines is 3. The van der Waals surface area contributed by atoms with Crippen LogP contribution in [-0.4, -0.2) is 35.5 Å².